The number of phenols is 1. The molecule has 6 heteroatoms. The first kappa shape index (κ1) is 12.0. The fraction of sp³-hybridized carbons (Fsp3) is 0.167. The number of carbonyl (C=O) groups is 2. The number of ether oxygens (including phenoxy) is 2. The molecule has 0 amide bonds. The molecule has 0 aliphatic heterocycles. The standard InChI is InChI=1S/C12H11NO5/c1-17-7-3-5(14)9-6(15)4-8(18-2)12(16)10(9)11(7)13/h3-4,14H,13H2,1-2H3. The number of fused-ring (bicyclic) bond motifs is 1. The second-order valence-electron chi connectivity index (χ2n) is 3.67. The first-order chi connectivity index (χ1) is 8.51. The number of rotatable bonds is 2. The summed E-state index contributed by atoms with van der Waals surface area (Å²) in [6, 6.07) is 1.20. The summed E-state index contributed by atoms with van der Waals surface area (Å²) in [5.41, 5.74) is 5.55. The van der Waals surface area contributed by atoms with Crippen LogP contribution in [0.25, 0.3) is 0 Å². The number of carbonyl (C=O) groups excluding carboxylic acids is 2. The summed E-state index contributed by atoms with van der Waals surface area (Å²) in [5.74, 6) is -1.43. The molecular weight excluding hydrogens is 238 g/mol. The van der Waals surface area contributed by atoms with Crippen LogP contribution in [-0.4, -0.2) is 30.9 Å². The van der Waals surface area contributed by atoms with Crippen LogP contribution in [0.3, 0.4) is 0 Å². The number of methoxy groups -OCH3 is 2. The Morgan fingerprint density at radius 1 is 1.17 bits per heavy atom. The molecule has 6 nitrogen and oxygen atoms in total. The maximum Gasteiger partial charge on any atom is 0.230 e. The third-order valence-corrected chi connectivity index (χ3v) is 2.71. The minimum Gasteiger partial charge on any atom is -0.507 e. The number of hydrogen-bond donors (Lipinski definition) is 2. The van der Waals surface area contributed by atoms with Gasteiger partial charge in [-0.2, -0.15) is 0 Å². The number of ketones is 2. The maximum absolute atomic E-state index is 12.0. The van der Waals surface area contributed by atoms with Crippen LogP contribution < -0.4 is 10.5 Å². The van der Waals surface area contributed by atoms with E-state index in [1.165, 1.54) is 20.3 Å². The highest BCUT2D eigenvalue weighted by Crippen LogP contribution is 2.38. The molecule has 0 bridgehead atoms. The summed E-state index contributed by atoms with van der Waals surface area (Å²) in [6.45, 7) is 0. The molecule has 3 N–H and O–H groups in total. The molecular formula is C12H11NO5. The summed E-state index contributed by atoms with van der Waals surface area (Å²) in [6.07, 6.45) is 1.02. The molecule has 0 atom stereocenters. The smallest absolute Gasteiger partial charge is 0.230 e. The molecule has 1 aliphatic rings. The Balaban J connectivity index is 2.78. The van der Waals surface area contributed by atoms with Gasteiger partial charge in [0.25, 0.3) is 0 Å². The number of Topliss-reactive ketones (excluding diaryl/α,β-unsaturated/α-hetero) is 1. The van der Waals surface area contributed by atoms with Crippen molar-refractivity contribution in [3.8, 4) is 11.5 Å². The molecule has 1 aliphatic carbocycles. The fourth-order valence-electron chi connectivity index (χ4n) is 1.85. The van der Waals surface area contributed by atoms with Gasteiger partial charge in [-0.25, -0.2) is 0 Å². The minimum atomic E-state index is -0.557. The van der Waals surface area contributed by atoms with Crippen molar-refractivity contribution in [1.29, 1.82) is 0 Å². The molecule has 1 aromatic rings. The van der Waals surface area contributed by atoms with Gasteiger partial charge in [0, 0.05) is 12.1 Å². The minimum absolute atomic E-state index is 0.00583. The van der Waals surface area contributed by atoms with Crippen LogP contribution >= 0.6 is 0 Å². The molecule has 0 spiro atoms. The molecule has 0 aromatic heterocycles. The quantitative estimate of drug-likeness (QED) is 0.596. The highest BCUT2D eigenvalue weighted by Gasteiger charge is 2.32. The van der Waals surface area contributed by atoms with E-state index in [0.29, 0.717) is 0 Å². The molecule has 0 radical (unpaired) electrons. The van der Waals surface area contributed by atoms with Gasteiger partial charge in [0.05, 0.1) is 31.0 Å². The Morgan fingerprint density at radius 2 is 1.83 bits per heavy atom. The Labute approximate surface area is 103 Å². The second kappa shape index (κ2) is 4.06. The Kier molecular flexibility index (Phi) is 2.70. The van der Waals surface area contributed by atoms with Gasteiger partial charge in [0.2, 0.25) is 5.78 Å². The van der Waals surface area contributed by atoms with Crippen LogP contribution in [0.2, 0.25) is 0 Å². The number of phenolic OH excluding ortho intramolecular Hbond substituents is 1. The van der Waals surface area contributed by atoms with E-state index in [0.717, 1.165) is 6.08 Å². The number of benzene rings is 1. The lowest BCUT2D eigenvalue weighted by Gasteiger charge is -2.18. The predicted molar refractivity (Wildman–Crippen MR) is 62.8 cm³/mol. The zero-order chi connectivity index (χ0) is 13.4. The molecule has 94 valence electrons. The molecule has 0 saturated carbocycles. The fourth-order valence-corrected chi connectivity index (χ4v) is 1.85. The Hall–Kier alpha value is -2.50. The lowest BCUT2D eigenvalue weighted by molar-refractivity contribution is 0.0915. The highest BCUT2D eigenvalue weighted by molar-refractivity contribution is 6.27. The first-order valence-electron chi connectivity index (χ1n) is 5.05. The number of nitrogens with two attached hydrogens (primary N) is 1. The molecule has 0 unspecified atom stereocenters. The van der Waals surface area contributed by atoms with Crippen molar-refractivity contribution in [3.63, 3.8) is 0 Å². The second-order valence-corrected chi connectivity index (χ2v) is 3.67. The zero-order valence-electron chi connectivity index (χ0n) is 9.81. The molecule has 0 fully saturated rings. The molecule has 18 heavy (non-hydrogen) atoms. The van der Waals surface area contributed by atoms with Crippen LogP contribution in [0.1, 0.15) is 20.7 Å². The van der Waals surface area contributed by atoms with E-state index in [1.807, 2.05) is 0 Å². The van der Waals surface area contributed by atoms with Gasteiger partial charge in [-0.1, -0.05) is 0 Å². The van der Waals surface area contributed by atoms with Crippen molar-refractivity contribution < 1.29 is 24.2 Å². The molecule has 0 heterocycles. The topological polar surface area (TPSA) is 98.8 Å². The number of nitrogen functional groups attached to an aromatic ring is 1. The van der Waals surface area contributed by atoms with Gasteiger partial charge in [-0.05, 0) is 0 Å². The van der Waals surface area contributed by atoms with Gasteiger partial charge in [0.1, 0.15) is 11.5 Å². The van der Waals surface area contributed by atoms with Gasteiger partial charge < -0.3 is 20.3 Å². The lowest BCUT2D eigenvalue weighted by atomic mass is 9.91. The van der Waals surface area contributed by atoms with Crippen molar-refractivity contribution in [2.24, 2.45) is 0 Å². The number of aromatic hydroxyl groups is 1. The Morgan fingerprint density at radius 3 is 2.39 bits per heavy atom. The molecule has 0 saturated heterocycles. The summed E-state index contributed by atoms with van der Waals surface area (Å²) in [4.78, 5) is 23.9. The van der Waals surface area contributed by atoms with Gasteiger partial charge in [-0.15, -0.1) is 0 Å². The number of allylic oxidation sites excluding steroid dienone is 2. The van der Waals surface area contributed by atoms with Crippen molar-refractivity contribution in [3.05, 3.63) is 29.0 Å². The van der Waals surface area contributed by atoms with Crippen LogP contribution in [-0.2, 0) is 4.74 Å². The summed E-state index contributed by atoms with van der Waals surface area (Å²) in [7, 11) is 2.62. The van der Waals surface area contributed by atoms with Crippen LogP contribution in [0.4, 0.5) is 5.69 Å². The molecule has 1 aromatic carbocycles. The van der Waals surface area contributed by atoms with E-state index >= 15 is 0 Å². The van der Waals surface area contributed by atoms with Gasteiger partial charge >= 0.3 is 0 Å². The normalized spacial score (nSPS) is 14.0. The zero-order valence-corrected chi connectivity index (χ0v) is 9.81. The average Bonchev–Trinajstić information content (AvgIpc) is 2.35. The summed E-state index contributed by atoms with van der Waals surface area (Å²) < 4.78 is 9.75. The highest BCUT2D eigenvalue weighted by atomic mass is 16.5. The SMILES string of the molecule is COC1=CC(=O)c2c(O)cc(OC)c(N)c2C1=O. The van der Waals surface area contributed by atoms with Crippen LogP contribution in [0.15, 0.2) is 17.9 Å². The van der Waals surface area contributed by atoms with Gasteiger partial charge in [-0.3, -0.25) is 9.59 Å². The first-order valence-corrected chi connectivity index (χ1v) is 5.05. The van der Waals surface area contributed by atoms with E-state index in [-0.39, 0.29) is 34.1 Å². The van der Waals surface area contributed by atoms with E-state index < -0.39 is 11.6 Å². The van der Waals surface area contributed by atoms with Crippen LogP contribution in [0, 0.1) is 0 Å². The van der Waals surface area contributed by atoms with Gasteiger partial charge in [0.15, 0.2) is 11.5 Å². The van der Waals surface area contributed by atoms with E-state index in [2.05, 4.69) is 0 Å². The number of anilines is 1. The van der Waals surface area contributed by atoms with Crippen molar-refractivity contribution in [2.75, 3.05) is 20.0 Å². The predicted octanol–water partition coefficient (Wildman–Crippen LogP) is 0.892. The van der Waals surface area contributed by atoms with Crippen molar-refractivity contribution >= 4 is 17.3 Å². The van der Waals surface area contributed by atoms with E-state index in [1.54, 1.807) is 0 Å². The third kappa shape index (κ3) is 1.50. The largest absolute Gasteiger partial charge is 0.507 e. The van der Waals surface area contributed by atoms with E-state index in [9.17, 15) is 14.7 Å². The van der Waals surface area contributed by atoms with Crippen molar-refractivity contribution in [1.82, 2.24) is 0 Å². The monoisotopic (exact) mass is 249 g/mol. The summed E-state index contributed by atoms with van der Waals surface area (Å²) in [5, 5.41) is 9.76. The maximum atomic E-state index is 12.0. The Bertz CT molecular complexity index is 589. The van der Waals surface area contributed by atoms with Crippen molar-refractivity contribution in [2.45, 2.75) is 0 Å². The van der Waals surface area contributed by atoms with Crippen LogP contribution in [0.5, 0.6) is 11.5 Å². The summed E-state index contributed by atoms with van der Waals surface area (Å²) >= 11 is 0. The molecule has 2 rings (SSSR count). The van der Waals surface area contributed by atoms with E-state index in [4.69, 9.17) is 15.2 Å². The number of hydrogen-bond acceptors (Lipinski definition) is 6. The average molecular weight is 249 g/mol. The lowest BCUT2D eigenvalue weighted by Crippen LogP contribution is -2.20. The third-order valence-electron chi connectivity index (χ3n) is 2.71.